The fraction of sp³-hybridized carbons (Fsp3) is 0.667. The Labute approximate surface area is 53.7 Å². The van der Waals surface area contributed by atoms with Gasteiger partial charge in [-0.25, -0.2) is 4.79 Å². The van der Waals surface area contributed by atoms with E-state index in [-0.39, 0.29) is 12.0 Å². The second kappa shape index (κ2) is 2.17. The molecule has 1 atom stereocenters. The summed E-state index contributed by atoms with van der Waals surface area (Å²) < 4.78 is 4.68. The van der Waals surface area contributed by atoms with E-state index in [2.05, 4.69) is 9.73 Å². The predicted octanol–water partition coefficient (Wildman–Crippen LogP) is 0.393. The van der Waals surface area contributed by atoms with E-state index < -0.39 is 0 Å². The topological polar surface area (TPSA) is 38.7 Å². The lowest BCUT2D eigenvalue weighted by Crippen LogP contribution is -2.14. The first kappa shape index (κ1) is 6.26. The van der Waals surface area contributed by atoms with Gasteiger partial charge in [0.05, 0.1) is 6.61 Å². The van der Waals surface area contributed by atoms with Gasteiger partial charge in [0.25, 0.3) is 0 Å². The molecule has 9 heavy (non-hydrogen) atoms. The van der Waals surface area contributed by atoms with E-state index in [0.717, 1.165) is 5.71 Å². The lowest BCUT2D eigenvalue weighted by atomic mass is 10.3. The number of ether oxygens (including phenoxy) is 1. The molecule has 3 heteroatoms. The molecular weight excluding hydrogens is 118 g/mol. The molecule has 0 fully saturated rings. The van der Waals surface area contributed by atoms with Crippen LogP contribution < -0.4 is 0 Å². The van der Waals surface area contributed by atoms with Gasteiger partial charge in [-0.3, -0.25) is 4.99 Å². The minimum Gasteiger partial charge on any atom is -0.464 e. The van der Waals surface area contributed by atoms with Gasteiger partial charge in [-0.2, -0.15) is 0 Å². The Hall–Kier alpha value is -0.860. The highest BCUT2D eigenvalue weighted by atomic mass is 16.5. The summed E-state index contributed by atoms with van der Waals surface area (Å²) in [6.45, 7) is 4.05. The fourth-order valence-electron chi connectivity index (χ4n) is 0.611. The molecule has 0 amide bonds. The number of hydrogen-bond donors (Lipinski definition) is 0. The molecule has 0 bridgehead atoms. The molecule has 0 saturated heterocycles. The minimum absolute atomic E-state index is 0.213. The van der Waals surface area contributed by atoms with E-state index in [1.165, 1.54) is 0 Å². The van der Waals surface area contributed by atoms with E-state index in [4.69, 9.17) is 0 Å². The van der Waals surface area contributed by atoms with E-state index >= 15 is 0 Å². The van der Waals surface area contributed by atoms with Crippen molar-refractivity contribution in [2.45, 2.75) is 19.9 Å². The van der Waals surface area contributed by atoms with E-state index in [9.17, 15) is 4.79 Å². The average molecular weight is 127 g/mol. The van der Waals surface area contributed by atoms with Crippen LogP contribution in [0.25, 0.3) is 0 Å². The maximum absolute atomic E-state index is 10.7. The standard InChI is InChI=1S/C6H9NO2/c1-3-9-6(8)5-4(2)7-5/h5H,3H2,1-2H3. The van der Waals surface area contributed by atoms with Crippen molar-refractivity contribution >= 4 is 11.7 Å². The molecule has 0 radical (unpaired) electrons. The third kappa shape index (κ3) is 1.28. The van der Waals surface area contributed by atoms with Crippen LogP contribution in [0, 0.1) is 0 Å². The number of hydrogen-bond acceptors (Lipinski definition) is 3. The summed E-state index contributed by atoms with van der Waals surface area (Å²) >= 11 is 0. The van der Waals surface area contributed by atoms with Crippen LogP contribution >= 0.6 is 0 Å². The maximum Gasteiger partial charge on any atom is 0.336 e. The molecule has 1 aliphatic rings. The molecular formula is C6H9NO2. The zero-order valence-electron chi connectivity index (χ0n) is 5.55. The molecule has 1 unspecified atom stereocenters. The van der Waals surface area contributed by atoms with E-state index in [1.54, 1.807) is 6.92 Å². The van der Waals surface area contributed by atoms with Crippen LogP contribution in [-0.4, -0.2) is 24.3 Å². The highest BCUT2D eigenvalue weighted by molar-refractivity contribution is 6.14. The van der Waals surface area contributed by atoms with E-state index in [0.29, 0.717) is 6.61 Å². The molecule has 1 rings (SSSR count). The summed E-state index contributed by atoms with van der Waals surface area (Å²) in [5.41, 5.74) is 0.883. The van der Waals surface area contributed by atoms with Crippen LogP contribution in [0.2, 0.25) is 0 Å². The normalized spacial score (nSPS) is 22.9. The zero-order valence-corrected chi connectivity index (χ0v) is 5.55. The van der Waals surface area contributed by atoms with Crippen molar-refractivity contribution in [3.63, 3.8) is 0 Å². The van der Waals surface area contributed by atoms with Gasteiger partial charge in [0.15, 0.2) is 6.04 Å². The Morgan fingerprint density at radius 2 is 2.44 bits per heavy atom. The molecule has 0 aromatic rings. The first-order valence-electron chi connectivity index (χ1n) is 2.96. The lowest BCUT2D eigenvalue weighted by molar-refractivity contribution is -0.142. The van der Waals surface area contributed by atoms with Gasteiger partial charge in [-0.05, 0) is 13.8 Å². The number of esters is 1. The third-order valence-corrected chi connectivity index (χ3v) is 1.17. The smallest absolute Gasteiger partial charge is 0.336 e. The highest BCUT2D eigenvalue weighted by Gasteiger charge is 2.31. The van der Waals surface area contributed by atoms with Gasteiger partial charge in [0.2, 0.25) is 0 Å². The Kier molecular flexibility index (Phi) is 1.51. The molecule has 0 aliphatic carbocycles. The number of carbonyl (C=O) groups is 1. The average Bonchev–Trinajstić information content (AvgIpc) is 2.47. The van der Waals surface area contributed by atoms with Crippen molar-refractivity contribution in [2.24, 2.45) is 4.99 Å². The molecule has 0 saturated carbocycles. The summed E-state index contributed by atoms with van der Waals surface area (Å²) in [7, 11) is 0. The van der Waals surface area contributed by atoms with Crippen molar-refractivity contribution in [1.82, 2.24) is 0 Å². The van der Waals surface area contributed by atoms with Crippen LogP contribution in [0.5, 0.6) is 0 Å². The number of carbonyl (C=O) groups excluding carboxylic acids is 1. The van der Waals surface area contributed by atoms with Crippen LogP contribution in [-0.2, 0) is 9.53 Å². The van der Waals surface area contributed by atoms with Gasteiger partial charge < -0.3 is 4.74 Å². The zero-order chi connectivity index (χ0) is 6.85. The SMILES string of the molecule is CCOC(=O)C1N=C1C. The maximum atomic E-state index is 10.7. The first-order valence-corrected chi connectivity index (χ1v) is 2.96. The summed E-state index contributed by atoms with van der Waals surface area (Å²) in [4.78, 5) is 14.5. The van der Waals surface area contributed by atoms with Gasteiger partial charge in [-0.1, -0.05) is 0 Å². The van der Waals surface area contributed by atoms with Crippen LogP contribution in [0.3, 0.4) is 0 Å². The van der Waals surface area contributed by atoms with Gasteiger partial charge >= 0.3 is 5.97 Å². The largest absolute Gasteiger partial charge is 0.464 e. The number of nitrogens with zero attached hydrogens (tertiary/aromatic N) is 1. The van der Waals surface area contributed by atoms with Crippen molar-refractivity contribution in [1.29, 1.82) is 0 Å². The molecule has 1 aliphatic heterocycles. The molecule has 0 aromatic heterocycles. The second-order valence-electron chi connectivity index (χ2n) is 1.93. The summed E-state index contributed by atoms with van der Waals surface area (Å²) in [5.74, 6) is -0.213. The van der Waals surface area contributed by atoms with Gasteiger partial charge in [0.1, 0.15) is 0 Å². The Bertz CT molecular complexity index is 162. The van der Waals surface area contributed by atoms with Crippen LogP contribution in [0.4, 0.5) is 0 Å². The minimum atomic E-state index is -0.232. The van der Waals surface area contributed by atoms with Crippen molar-refractivity contribution in [3.8, 4) is 0 Å². The molecule has 0 aromatic carbocycles. The summed E-state index contributed by atoms with van der Waals surface area (Å²) in [5, 5.41) is 0. The lowest BCUT2D eigenvalue weighted by Gasteiger charge is -1.95. The quantitative estimate of drug-likeness (QED) is 0.503. The van der Waals surface area contributed by atoms with Crippen molar-refractivity contribution < 1.29 is 9.53 Å². The number of aliphatic imine (C=N–C) groups is 1. The second-order valence-corrected chi connectivity index (χ2v) is 1.93. The van der Waals surface area contributed by atoms with Crippen molar-refractivity contribution in [3.05, 3.63) is 0 Å². The molecule has 0 spiro atoms. The van der Waals surface area contributed by atoms with Crippen LogP contribution in [0.1, 0.15) is 13.8 Å². The Morgan fingerprint density at radius 3 is 2.78 bits per heavy atom. The summed E-state index contributed by atoms with van der Waals surface area (Å²) in [6, 6.07) is -0.232. The molecule has 50 valence electrons. The summed E-state index contributed by atoms with van der Waals surface area (Å²) in [6.07, 6.45) is 0. The first-order chi connectivity index (χ1) is 4.25. The fourth-order valence-corrected chi connectivity index (χ4v) is 0.611. The molecule has 3 nitrogen and oxygen atoms in total. The molecule has 1 heterocycles. The molecule has 0 N–H and O–H groups in total. The Balaban J connectivity index is 2.22. The van der Waals surface area contributed by atoms with Crippen LogP contribution in [0.15, 0.2) is 4.99 Å². The van der Waals surface area contributed by atoms with E-state index in [1.807, 2.05) is 6.92 Å². The Morgan fingerprint density at radius 1 is 1.89 bits per heavy atom. The number of rotatable bonds is 2. The van der Waals surface area contributed by atoms with Gasteiger partial charge in [-0.15, -0.1) is 0 Å². The van der Waals surface area contributed by atoms with Gasteiger partial charge in [0, 0.05) is 5.71 Å². The predicted molar refractivity (Wildman–Crippen MR) is 33.5 cm³/mol. The monoisotopic (exact) mass is 127 g/mol. The van der Waals surface area contributed by atoms with Crippen molar-refractivity contribution in [2.75, 3.05) is 6.61 Å². The third-order valence-electron chi connectivity index (χ3n) is 1.17. The highest BCUT2D eigenvalue weighted by Crippen LogP contribution is 2.11.